The van der Waals surface area contributed by atoms with Gasteiger partial charge in [-0.25, -0.2) is 0 Å². The molecule has 0 unspecified atom stereocenters. The smallest absolute Gasteiger partial charge is 0.137 e. The van der Waals surface area contributed by atoms with Gasteiger partial charge in [-0.05, 0) is 51.9 Å². The molecule has 4 nitrogen and oxygen atoms in total. The molecule has 0 amide bonds. The number of aryl methyl sites for hydroxylation is 3. The highest BCUT2D eigenvalue weighted by Crippen LogP contribution is 2.36. The average Bonchev–Trinajstić information content (AvgIpc) is 2.94. The minimum atomic E-state index is 0.577. The van der Waals surface area contributed by atoms with Crippen LogP contribution in [0.2, 0.25) is 0 Å². The SMILES string of the molecule is Cc1ccc(-c2c(C)nn(C)c2C2CCNCC2)o1. The third kappa shape index (κ3) is 2.21. The van der Waals surface area contributed by atoms with Crippen LogP contribution in [0.4, 0.5) is 0 Å². The summed E-state index contributed by atoms with van der Waals surface area (Å²) in [6.07, 6.45) is 2.34. The van der Waals surface area contributed by atoms with E-state index < -0.39 is 0 Å². The van der Waals surface area contributed by atoms with E-state index in [1.165, 1.54) is 24.1 Å². The Morgan fingerprint density at radius 2 is 2.00 bits per heavy atom. The van der Waals surface area contributed by atoms with Gasteiger partial charge in [0.05, 0.1) is 17.0 Å². The van der Waals surface area contributed by atoms with Crippen molar-refractivity contribution in [1.29, 1.82) is 0 Å². The van der Waals surface area contributed by atoms with E-state index in [1.807, 2.05) is 24.7 Å². The van der Waals surface area contributed by atoms with Crippen molar-refractivity contribution in [2.24, 2.45) is 7.05 Å². The zero-order chi connectivity index (χ0) is 13.4. The molecule has 0 aromatic carbocycles. The molecule has 3 heterocycles. The maximum atomic E-state index is 5.83. The van der Waals surface area contributed by atoms with E-state index in [1.54, 1.807) is 0 Å². The Labute approximate surface area is 113 Å². The van der Waals surface area contributed by atoms with Gasteiger partial charge in [0, 0.05) is 13.0 Å². The van der Waals surface area contributed by atoms with Gasteiger partial charge in [0.15, 0.2) is 0 Å². The van der Waals surface area contributed by atoms with Crippen LogP contribution >= 0.6 is 0 Å². The number of hydrogen-bond acceptors (Lipinski definition) is 3. The fourth-order valence-electron chi connectivity index (χ4n) is 3.11. The molecule has 0 atom stereocenters. The normalized spacial score (nSPS) is 17.0. The molecule has 0 bridgehead atoms. The van der Waals surface area contributed by atoms with E-state index >= 15 is 0 Å². The molecule has 4 heteroatoms. The monoisotopic (exact) mass is 259 g/mol. The quantitative estimate of drug-likeness (QED) is 0.901. The van der Waals surface area contributed by atoms with Gasteiger partial charge in [0.1, 0.15) is 11.5 Å². The zero-order valence-electron chi connectivity index (χ0n) is 11.9. The van der Waals surface area contributed by atoms with Crippen LogP contribution in [-0.2, 0) is 7.05 Å². The van der Waals surface area contributed by atoms with Crippen molar-refractivity contribution in [3.05, 3.63) is 29.3 Å². The summed E-state index contributed by atoms with van der Waals surface area (Å²) in [4.78, 5) is 0. The van der Waals surface area contributed by atoms with Crippen molar-refractivity contribution in [3.63, 3.8) is 0 Å². The molecule has 19 heavy (non-hydrogen) atoms. The lowest BCUT2D eigenvalue weighted by Gasteiger charge is -2.23. The standard InChI is InChI=1S/C15H21N3O/c1-10-4-5-13(19-10)14-11(2)17-18(3)15(14)12-6-8-16-9-7-12/h4-5,12,16H,6-9H2,1-3H3. The summed E-state index contributed by atoms with van der Waals surface area (Å²) in [5.74, 6) is 2.49. The van der Waals surface area contributed by atoms with Crippen molar-refractivity contribution in [1.82, 2.24) is 15.1 Å². The predicted octanol–water partition coefficient (Wildman–Crippen LogP) is 2.76. The molecule has 1 fully saturated rings. The first-order valence-corrected chi connectivity index (χ1v) is 6.98. The van der Waals surface area contributed by atoms with Crippen LogP contribution in [0.25, 0.3) is 11.3 Å². The third-order valence-electron chi connectivity index (χ3n) is 3.98. The van der Waals surface area contributed by atoms with Crippen molar-refractivity contribution < 1.29 is 4.42 Å². The zero-order valence-corrected chi connectivity index (χ0v) is 11.9. The summed E-state index contributed by atoms with van der Waals surface area (Å²) < 4.78 is 7.87. The van der Waals surface area contributed by atoms with Gasteiger partial charge in [-0.1, -0.05) is 0 Å². The van der Waals surface area contributed by atoms with Crippen LogP contribution in [0, 0.1) is 13.8 Å². The highest BCUT2D eigenvalue weighted by molar-refractivity contribution is 5.64. The van der Waals surface area contributed by atoms with Gasteiger partial charge in [-0.2, -0.15) is 5.10 Å². The van der Waals surface area contributed by atoms with E-state index in [2.05, 4.69) is 23.4 Å². The van der Waals surface area contributed by atoms with Gasteiger partial charge in [-0.3, -0.25) is 4.68 Å². The summed E-state index contributed by atoms with van der Waals surface area (Å²) in [6, 6.07) is 4.08. The first-order chi connectivity index (χ1) is 9.16. The highest BCUT2D eigenvalue weighted by atomic mass is 16.3. The lowest BCUT2D eigenvalue weighted by Crippen LogP contribution is -2.27. The van der Waals surface area contributed by atoms with E-state index in [9.17, 15) is 0 Å². The summed E-state index contributed by atoms with van der Waals surface area (Å²) in [5, 5.41) is 8.03. The molecule has 1 aliphatic rings. The fraction of sp³-hybridized carbons (Fsp3) is 0.533. The Morgan fingerprint density at radius 3 is 2.63 bits per heavy atom. The van der Waals surface area contributed by atoms with Crippen LogP contribution < -0.4 is 5.32 Å². The average molecular weight is 259 g/mol. The number of nitrogens with zero attached hydrogens (tertiary/aromatic N) is 2. The lowest BCUT2D eigenvalue weighted by atomic mass is 9.90. The molecule has 1 saturated heterocycles. The predicted molar refractivity (Wildman–Crippen MR) is 75.2 cm³/mol. The van der Waals surface area contributed by atoms with Crippen molar-refractivity contribution in [2.75, 3.05) is 13.1 Å². The minimum absolute atomic E-state index is 0.577. The maximum absolute atomic E-state index is 5.83. The van der Waals surface area contributed by atoms with E-state index in [0.717, 1.165) is 30.3 Å². The molecule has 2 aromatic heterocycles. The summed E-state index contributed by atoms with van der Waals surface area (Å²) in [7, 11) is 2.05. The van der Waals surface area contributed by atoms with E-state index in [0.29, 0.717) is 5.92 Å². The van der Waals surface area contributed by atoms with Crippen LogP contribution in [0.15, 0.2) is 16.5 Å². The van der Waals surface area contributed by atoms with E-state index in [4.69, 9.17) is 4.42 Å². The first kappa shape index (κ1) is 12.5. The Hall–Kier alpha value is -1.55. The number of rotatable bonds is 2. The Bertz CT molecular complexity index is 576. The van der Waals surface area contributed by atoms with Crippen LogP contribution in [0.3, 0.4) is 0 Å². The Kier molecular flexibility index (Phi) is 3.19. The van der Waals surface area contributed by atoms with Gasteiger partial charge in [0.25, 0.3) is 0 Å². The lowest BCUT2D eigenvalue weighted by molar-refractivity contribution is 0.439. The third-order valence-corrected chi connectivity index (χ3v) is 3.98. The van der Waals surface area contributed by atoms with Crippen LogP contribution in [-0.4, -0.2) is 22.9 Å². The Morgan fingerprint density at radius 1 is 1.26 bits per heavy atom. The second kappa shape index (κ2) is 4.85. The van der Waals surface area contributed by atoms with E-state index in [-0.39, 0.29) is 0 Å². The molecule has 0 saturated carbocycles. The summed E-state index contributed by atoms with van der Waals surface area (Å²) in [6.45, 7) is 6.23. The second-order valence-electron chi connectivity index (χ2n) is 5.40. The number of hydrogen-bond donors (Lipinski definition) is 1. The molecular weight excluding hydrogens is 238 g/mol. The van der Waals surface area contributed by atoms with Gasteiger partial charge < -0.3 is 9.73 Å². The van der Waals surface area contributed by atoms with Crippen molar-refractivity contribution >= 4 is 0 Å². The van der Waals surface area contributed by atoms with Crippen molar-refractivity contribution in [3.8, 4) is 11.3 Å². The fourth-order valence-corrected chi connectivity index (χ4v) is 3.11. The van der Waals surface area contributed by atoms with Crippen molar-refractivity contribution in [2.45, 2.75) is 32.6 Å². The van der Waals surface area contributed by atoms with Crippen LogP contribution in [0.5, 0.6) is 0 Å². The summed E-state index contributed by atoms with van der Waals surface area (Å²) in [5.41, 5.74) is 3.58. The minimum Gasteiger partial charge on any atom is -0.461 e. The van der Waals surface area contributed by atoms with Gasteiger partial charge in [0.2, 0.25) is 0 Å². The molecule has 1 N–H and O–H groups in total. The maximum Gasteiger partial charge on any atom is 0.137 e. The highest BCUT2D eigenvalue weighted by Gasteiger charge is 2.26. The number of furan rings is 1. The molecule has 2 aromatic rings. The molecule has 0 radical (unpaired) electrons. The molecule has 1 aliphatic heterocycles. The topological polar surface area (TPSA) is 43.0 Å². The number of piperidine rings is 1. The largest absolute Gasteiger partial charge is 0.461 e. The molecular formula is C15H21N3O. The molecule has 3 rings (SSSR count). The summed E-state index contributed by atoms with van der Waals surface area (Å²) >= 11 is 0. The molecule has 0 spiro atoms. The molecule has 0 aliphatic carbocycles. The van der Waals surface area contributed by atoms with Crippen LogP contribution in [0.1, 0.15) is 35.9 Å². The number of nitrogens with one attached hydrogen (secondary N) is 1. The molecule has 102 valence electrons. The Balaban J connectivity index is 2.07. The second-order valence-corrected chi connectivity index (χ2v) is 5.40. The number of aromatic nitrogens is 2. The van der Waals surface area contributed by atoms with Gasteiger partial charge >= 0.3 is 0 Å². The van der Waals surface area contributed by atoms with Gasteiger partial charge in [-0.15, -0.1) is 0 Å². The first-order valence-electron chi connectivity index (χ1n) is 6.98.